The van der Waals surface area contributed by atoms with Gasteiger partial charge in [0.25, 0.3) is 5.56 Å². The van der Waals surface area contributed by atoms with Crippen molar-refractivity contribution in [2.24, 2.45) is 21.1 Å². The van der Waals surface area contributed by atoms with Crippen LogP contribution in [0.5, 0.6) is 0 Å². The smallest absolute Gasteiger partial charge is 0.314 e. The van der Waals surface area contributed by atoms with Crippen LogP contribution in [0, 0.1) is 0 Å². The molecule has 0 fully saturated rings. The molecule has 0 radical (unpaired) electrons. The highest BCUT2D eigenvalue weighted by molar-refractivity contribution is 7.84. The van der Waals surface area contributed by atoms with Crippen molar-refractivity contribution < 1.29 is 4.21 Å². The highest BCUT2D eigenvalue weighted by Crippen LogP contribution is 2.14. The summed E-state index contributed by atoms with van der Waals surface area (Å²) in [6.45, 7) is 0. The van der Waals surface area contributed by atoms with Crippen LogP contribution >= 0.6 is 0 Å². The Balaban J connectivity index is 2.17. The van der Waals surface area contributed by atoms with E-state index in [0.717, 1.165) is 4.57 Å². The average molecular weight is 333 g/mol. The van der Waals surface area contributed by atoms with Gasteiger partial charge >= 0.3 is 5.69 Å². The van der Waals surface area contributed by atoms with Gasteiger partial charge in [0.2, 0.25) is 5.16 Å². The van der Waals surface area contributed by atoms with Gasteiger partial charge in [-0.1, -0.05) is 6.07 Å². The minimum absolute atomic E-state index is 0.187. The molecule has 0 aliphatic carbocycles. The topological polar surface area (TPSA) is 91.8 Å². The van der Waals surface area contributed by atoms with Gasteiger partial charge < -0.3 is 4.57 Å². The summed E-state index contributed by atoms with van der Waals surface area (Å²) in [4.78, 5) is 32.7. The van der Waals surface area contributed by atoms with Crippen molar-refractivity contribution in [3.8, 4) is 0 Å². The third-order valence-corrected chi connectivity index (χ3v) is 4.97. The molecule has 0 saturated heterocycles. The lowest BCUT2D eigenvalue weighted by Crippen LogP contribution is -2.37. The minimum atomic E-state index is -1.48. The quantitative estimate of drug-likeness (QED) is 0.655. The molecule has 0 aromatic carbocycles. The fourth-order valence-corrected chi connectivity index (χ4v) is 3.54. The number of hydrogen-bond donors (Lipinski definition) is 0. The molecule has 0 unspecified atom stereocenters. The molecular weight excluding hydrogens is 318 g/mol. The predicted molar refractivity (Wildman–Crippen MR) is 85.5 cm³/mol. The molecule has 0 saturated carbocycles. The molecule has 3 rings (SSSR count). The number of aromatic nitrogens is 5. The van der Waals surface area contributed by atoms with Crippen molar-refractivity contribution >= 4 is 22.0 Å². The van der Waals surface area contributed by atoms with Crippen LogP contribution in [0.25, 0.3) is 11.2 Å². The summed E-state index contributed by atoms with van der Waals surface area (Å²) >= 11 is 0. The van der Waals surface area contributed by atoms with Crippen molar-refractivity contribution in [3.05, 3.63) is 50.9 Å². The Hall–Kier alpha value is -2.55. The summed E-state index contributed by atoms with van der Waals surface area (Å²) in [6.07, 6.45) is 1.63. The van der Waals surface area contributed by atoms with Gasteiger partial charge in [-0.25, -0.2) is 9.78 Å². The molecular formula is C14H15N5O3S. The molecule has 0 N–H and O–H groups in total. The summed E-state index contributed by atoms with van der Waals surface area (Å²) in [6, 6.07) is 5.37. The lowest BCUT2D eigenvalue weighted by atomic mass is 10.4. The normalized spacial score (nSPS) is 12.7. The first kappa shape index (κ1) is 15.3. The zero-order valence-corrected chi connectivity index (χ0v) is 13.7. The Morgan fingerprint density at radius 1 is 1.09 bits per heavy atom. The summed E-state index contributed by atoms with van der Waals surface area (Å²) in [7, 11) is 3.07. The van der Waals surface area contributed by atoms with E-state index >= 15 is 0 Å². The molecule has 120 valence electrons. The van der Waals surface area contributed by atoms with Gasteiger partial charge in [-0.15, -0.1) is 0 Å². The maximum atomic E-state index is 12.6. The van der Waals surface area contributed by atoms with Crippen molar-refractivity contribution in [1.82, 2.24) is 23.7 Å². The second kappa shape index (κ2) is 5.58. The largest absolute Gasteiger partial charge is 0.332 e. The number of hydrogen-bond acceptors (Lipinski definition) is 5. The van der Waals surface area contributed by atoms with Crippen LogP contribution < -0.4 is 11.2 Å². The Morgan fingerprint density at radius 3 is 2.48 bits per heavy atom. The second-order valence-electron chi connectivity index (χ2n) is 5.14. The van der Waals surface area contributed by atoms with Crippen LogP contribution in [0.15, 0.2) is 39.1 Å². The Kier molecular flexibility index (Phi) is 3.72. The molecule has 0 aliphatic heterocycles. The van der Waals surface area contributed by atoms with E-state index < -0.39 is 22.0 Å². The molecule has 8 nitrogen and oxygen atoms in total. The zero-order chi connectivity index (χ0) is 16.7. The van der Waals surface area contributed by atoms with Crippen molar-refractivity contribution in [1.29, 1.82) is 0 Å². The van der Waals surface area contributed by atoms with Gasteiger partial charge in [-0.2, -0.15) is 0 Å². The summed E-state index contributed by atoms with van der Waals surface area (Å²) in [5.74, 6) is 0.187. The highest BCUT2D eigenvalue weighted by Gasteiger charge is 2.20. The van der Waals surface area contributed by atoms with E-state index in [1.807, 2.05) is 6.07 Å². The summed E-state index contributed by atoms with van der Waals surface area (Å²) < 4.78 is 16.4. The van der Waals surface area contributed by atoms with Crippen molar-refractivity contribution in [2.75, 3.05) is 0 Å². The van der Waals surface area contributed by atoms with Crippen LogP contribution in [-0.4, -0.2) is 27.9 Å². The van der Waals surface area contributed by atoms with Crippen LogP contribution in [-0.2, 0) is 37.7 Å². The number of nitrogens with zero attached hydrogens (tertiary/aromatic N) is 5. The van der Waals surface area contributed by atoms with Gasteiger partial charge in [0, 0.05) is 27.3 Å². The predicted octanol–water partition coefficient (Wildman–Crippen LogP) is -0.327. The van der Waals surface area contributed by atoms with Crippen molar-refractivity contribution in [2.45, 2.75) is 10.9 Å². The molecule has 1 atom stereocenters. The Bertz CT molecular complexity index is 1030. The van der Waals surface area contributed by atoms with Crippen LogP contribution in [0.3, 0.4) is 0 Å². The van der Waals surface area contributed by atoms with Gasteiger partial charge in [0.15, 0.2) is 11.2 Å². The maximum Gasteiger partial charge on any atom is 0.332 e. The molecule has 0 spiro atoms. The van der Waals surface area contributed by atoms with Crippen LogP contribution in [0.4, 0.5) is 0 Å². The maximum absolute atomic E-state index is 12.6. The molecule has 23 heavy (non-hydrogen) atoms. The second-order valence-corrected chi connectivity index (χ2v) is 6.49. The number of imidazole rings is 1. The van der Waals surface area contributed by atoms with Gasteiger partial charge in [0.05, 0.1) is 22.2 Å². The van der Waals surface area contributed by atoms with E-state index in [1.165, 1.54) is 23.2 Å². The number of pyridine rings is 1. The first-order chi connectivity index (χ1) is 10.9. The minimum Gasteiger partial charge on any atom is -0.314 e. The molecule has 9 heteroatoms. The highest BCUT2D eigenvalue weighted by atomic mass is 32.2. The number of fused-ring (bicyclic) bond motifs is 1. The Labute approximate surface area is 133 Å². The van der Waals surface area contributed by atoms with E-state index in [2.05, 4.69) is 9.97 Å². The van der Waals surface area contributed by atoms with E-state index in [9.17, 15) is 13.8 Å². The third-order valence-electron chi connectivity index (χ3n) is 3.64. The first-order valence-corrected chi connectivity index (χ1v) is 8.14. The lowest BCUT2D eigenvalue weighted by Gasteiger charge is -2.03. The molecule has 0 bridgehead atoms. The van der Waals surface area contributed by atoms with E-state index in [1.54, 1.807) is 25.4 Å². The van der Waals surface area contributed by atoms with Gasteiger partial charge in [-0.05, 0) is 12.1 Å². The molecule has 3 aromatic rings. The van der Waals surface area contributed by atoms with E-state index in [-0.39, 0.29) is 22.1 Å². The standard InChI is InChI=1S/C14H15N5O3S/c1-17-10-11(18(2)14(21)19(3)12(10)20)16-13(17)23(22)8-9-6-4-5-7-15-9/h4-7H,8H2,1-3H3/t23-/m0/s1. The number of rotatable bonds is 3. The average Bonchev–Trinajstić information content (AvgIpc) is 2.89. The summed E-state index contributed by atoms with van der Waals surface area (Å²) in [5.41, 5.74) is 0.213. The number of aryl methyl sites for hydroxylation is 2. The van der Waals surface area contributed by atoms with Crippen LogP contribution in [0.1, 0.15) is 5.69 Å². The van der Waals surface area contributed by atoms with E-state index in [0.29, 0.717) is 5.69 Å². The molecule has 0 aliphatic rings. The SMILES string of the molecule is Cn1c(=O)c2c(nc([S@@](=O)Cc3ccccn3)n2C)n(C)c1=O. The Morgan fingerprint density at radius 2 is 1.83 bits per heavy atom. The van der Waals surface area contributed by atoms with Crippen molar-refractivity contribution in [3.63, 3.8) is 0 Å². The van der Waals surface area contributed by atoms with Gasteiger partial charge in [0.1, 0.15) is 0 Å². The molecule has 3 heterocycles. The van der Waals surface area contributed by atoms with Crippen LogP contribution in [0.2, 0.25) is 0 Å². The fraction of sp³-hybridized carbons (Fsp3) is 0.286. The molecule has 3 aromatic heterocycles. The summed E-state index contributed by atoms with van der Waals surface area (Å²) in [5, 5.41) is 0.240. The fourth-order valence-electron chi connectivity index (χ4n) is 2.38. The van der Waals surface area contributed by atoms with E-state index in [4.69, 9.17) is 0 Å². The monoisotopic (exact) mass is 333 g/mol. The zero-order valence-electron chi connectivity index (χ0n) is 12.9. The third kappa shape index (κ3) is 2.42. The molecule has 0 amide bonds. The first-order valence-electron chi connectivity index (χ1n) is 6.82. The lowest BCUT2D eigenvalue weighted by molar-refractivity contribution is 0.666. The van der Waals surface area contributed by atoms with Gasteiger partial charge in [-0.3, -0.25) is 23.1 Å².